The van der Waals surface area contributed by atoms with Gasteiger partial charge in [0.15, 0.2) is 5.65 Å². The Hall–Kier alpha value is -1.35. The molecule has 0 bridgehead atoms. The van der Waals surface area contributed by atoms with Crippen molar-refractivity contribution in [2.24, 2.45) is 0 Å². The van der Waals surface area contributed by atoms with Crippen molar-refractivity contribution in [2.75, 3.05) is 11.9 Å². The van der Waals surface area contributed by atoms with E-state index in [1.165, 1.54) is 19.3 Å². The highest BCUT2D eigenvalue weighted by atomic mass is 35.5. The predicted octanol–water partition coefficient (Wildman–Crippen LogP) is 3.27. The molecule has 0 unspecified atom stereocenters. The number of nitrogens with zero attached hydrogens (tertiary/aromatic N) is 3. The van der Waals surface area contributed by atoms with Gasteiger partial charge in [-0.3, -0.25) is 0 Å². The molecule has 4 heteroatoms. The molecule has 2 aromatic heterocycles. The smallest absolute Gasteiger partial charge is 0.163 e. The maximum absolute atomic E-state index is 6.27. The van der Waals surface area contributed by atoms with Gasteiger partial charge in [0.2, 0.25) is 0 Å². The van der Waals surface area contributed by atoms with E-state index in [4.69, 9.17) is 11.6 Å². The second-order valence-electron chi connectivity index (χ2n) is 4.53. The zero-order valence-electron chi connectivity index (χ0n) is 9.73. The highest BCUT2D eigenvalue weighted by Crippen LogP contribution is 2.30. The third-order valence-electron chi connectivity index (χ3n) is 3.50. The highest BCUT2D eigenvalue weighted by molar-refractivity contribution is 6.35. The number of hydrogen-bond acceptors (Lipinski definition) is 3. The summed E-state index contributed by atoms with van der Waals surface area (Å²) in [5.41, 5.74) is 0.723. The molecule has 3 rings (SSSR count). The van der Waals surface area contributed by atoms with E-state index < -0.39 is 0 Å². The molecule has 0 saturated heterocycles. The summed E-state index contributed by atoms with van der Waals surface area (Å²) < 4.78 is 0. The van der Waals surface area contributed by atoms with E-state index in [1.54, 1.807) is 6.20 Å². The van der Waals surface area contributed by atoms with Crippen molar-refractivity contribution >= 4 is 28.5 Å². The molecule has 88 valence electrons. The number of hydrogen-bond donors (Lipinski definition) is 0. The fourth-order valence-electron chi connectivity index (χ4n) is 2.15. The lowest BCUT2D eigenvalue weighted by Gasteiger charge is -2.35. The second-order valence-corrected chi connectivity index (χ2v) is 4.94. The fourth-order valence-corrected chi connectivity index (χ4v) is 2.39. The molecule has 3 nitrogen and oxygen atoms in total. The van der Waals surface area contributed by atoms with Gasteiger partial charge < -0.3 is 4.90 Å². The van der Waals surface area contributed by atoms with Crippen molar-refractivity contribution in [1.82, 2.24) is 9.97 Å². The van der Waals surface area contributed by atoms with Crippen LogP contribution < -0.4 is 4.90 Å². The summed E-state index contributed by atoms with van der Waals surface area (Å²) in [6.07, 6.45) is 5.56. The molecule has 0 amide bonds. The lowest BCUT2D eigenvalue weighted by Crippen LogP contribution is -2.37. The van der Waals surface area contributed by atoms with Gasteiger partial charge in [-0.1, -0.05) is 11.6 Å². The monoisotopic (exact) mass is 247 g/mol. The summed E-state index contributed by atoms with van der Waals surface area (Å²) >= 11 is 6.27. The van der Waals surface area contributed by atoms with Crippen molar-refractivity contribution in [3.05, 3.63) is 29.4 Å². The molecule has 0 aromatic carbocycles. The minimum atomic E-state index is 0.611. The molecule has 0 radical (unpaired) electrons. The van der Waals surface area contributed by atoms with Crippen molar-refractivity contribution in [3.63, 3.8) is 0 Å². The van der Waals surface area contributed by atoms with Crippen molar-refractivity contribution in [2.45, 2.75) is 25.3 Å². The number of rotatable bonds is 2. The average molecular weight is 248 g/mol. The van der Waals surface area contributed by atoms with Crippen LogP contribution in [0.2, 0.25) is 5.02 Å². The number of halogens is 1. The van der Waals surface area contributed by atoms with Crippen molar-refractivity contribution < 1.29 is 0 Å². The van der Waals surface area contributed by atoms with Gasteiger partial charge in [-0.25, -0.2) is 9.97 Å². The topological polar surface area (TPSA) is 29.0 Å². The van der Waals surface area contributed by atoms with Crippen LogP contribution in [0.25, 0.3) is 11.0 Å². The van der Waals surface area contributed by atoms with E-state index in [-0.39, 0.29) is 0 Å². The summed E-state index contributed by atoms with van der Waals surface area (Å²) in [4.78, 5) is 11.0. The van der Waals surface area contributed by atoms with Gasteiger partial charge in [0.1, 0.15) is 5.82 Å². The fraction of sp³-hybridized carbons (Fsp3) is 0.385. The maximum atomic E-state index is 6.27. The van der Waals surface area contributed by atoms with Crippen LogP contribution in [0.1, 0.15) is 19.3 Å². The molecular weight excluding hydrogens is 234 g/mol. The molecule has 2 aromatic rings. The van der Waals surface area contributed by atoms with Crippen molar-refractivity contribution in [1.29, 1.82) is 0 Å². The minimum Gasteiger partial charge on any atom is -0.357 e. The Kier molecular flexibility index (Phi) is 2.63. The molecule has 0 spiro atoms. The predicted molar refractivity (Wildman–Crippen MR) is 70.6 cm³/mol. The van der Waals surface area contributed by atoms with E-state index in [0.29, 0.717) is 6.04 Å². The summed E-state index contributed by atoms with van der Waals surface area (Å²) in [6.45, 7) is 0. The van der Waals surface area contributed by atoms with Gasteiger partial charge >= 0.3 is 0 Å². The minimum absolute atomic E-state index is 0.611. The van der Waals surface area contributed by atoms with Crippen LogP contribution in [0.15, 0.2) is 24.4 Å². The zero-order chi connectivity index (χ0) is 11.8. The Morgan fingerprint density at radius 1 is 1.41 bits per heavy atom. The Morgan fingerprint density at radius 3 is 2.94 bits per heavy atom. The molecule has 0 atom stereocenters. The third kappa shape index (κ3) is 1.84. The molecule has 1 fully saturated rings. The van der Waals surface area contributed by atoms with Gasteiger partial charge in [-0.15, -0.1) is 0 Å². The van der Waals surface area contributed by atoms with Crippen molar-refractivity contribution in [3.8, 4) is 0 Å². The Labute approximate surface area is 105 Å². The second kappa shape index (κ2) is 4.15. The lowest BCUT2D eigenvalue weighted by atomic mass is 9.92. The summed E-state index contributed by atoms with van der Waals surface area (Å²) in [5.74, 6) is 0.922. The van der Waals surface area contributed by atoms with E-state index in [1.807, 2.05) is 18.2 Å². The number of fused-ring (bicyclic) bond motifs is 1. The first-order valence-electron chi connectivity index (χ1n) is 5.90. The van der Waals surface area contributed by atoms with E-state index in [2.05, 4.69) is 21.9 Å². The van der Waals surface area contributed by atoms with Gasteiger partial charge in [0.05, 0.1) is 5.02 Å². The standard InChI is InChI=1S/C13H14ClN3/c1-17(9-4-2-5-9)12-8-11(14)10-6-3-7-15-13(10)16-12/h3,6-9H,2,4-5H2,1H3. The number of pyridine rings is 2. The summed E-state index contributed by atoms with van der Waals surface area (Å²) in [7, 11) is 2.08. The number of anilines is 1. The molecule has 1 aliphatic rings. The number of aromatic nitrogens is 2. The zero-order valence-corrected chi connectivity index (χ0v) is 10.5. The Balaban J connectivity index is 2.05. The largest absolute Gasteiger partial charge is 0.357 e. The van der Waals surface area contributed by atoms with Crippen LogP contribution in [0, 0.1) is 0 Å². The molecule has 1 saturated carbocycles. The lowest BCUT2D eigenvalue weighted by molar-refractivity contribution is 0.399. The van der Waals surface area contributed by atoms with Gasteiger partial charge in [-0.2, -0.15) is 0 Å². The molecule has 1 aliphatic carbocycles. The van der Waals surface area contributed by atoms with Crippen LogP contribution in [-0.4, -0.2) is 23.1 Å². The average Bonchev–Trinajstić information content (AvgIpc) is 2.26. The Bertz CT molecular complexity index is 551. The quantitative estimate of drug-likeness (QED) is 0.816. The molecule has 2 heterocycles. The normalized spacial score (nSPS) is 15.9. The SMILES string of the molecule is CN(c1cc(Cl)c2cccnc2n1)C1CCC1. The van der Waals surface area contributed by atoms with E-state index >= 15 is 0 Å². The van der Waals surface area contributed by atoms with Gasteiger partial charge in [0, 0.05) is 30.7 Å². The Morgan fingerprint density at radius 2 is 2.24 bits per heavy atom. The van der Waals surface area contributed by atoms with Crippen LogP contribution >= 0.6 is 11.6 Å². The molecule has 0 aliphatic heterocycles. The molecule has 17 heavy (non-hydrogen) atoms. The van der Waals surface area contributed by atoms with Gasteiger partial charge in [0.25, 0.3) is 0 Å². The van der Waals surface area contributed by atoms with Gasteiger partial charge in [-0.05, 0) is 31.4 Å². The first-order valence-corrected chi connectivity index (χ1v) is 6.27. The highest BCUT2D eigenvalue weighted by Gasteiger charge is 2.23. The first-order chi connectivity index (χ1) is 8.25. The molecule has 0 N–H and O–H groups in total. The maximum Gasteiger partial charge on any atom is 0.163 e. The third-order valence-corrected chi connectivity index (χ3v) is 3.82. The first kappa shape index (κ1) is 10.8. The van der Waals surface area contributed by atoms with Crippen LogP contribution in [0.4, 0.5) is 5.82 Å². The van der Waals surface area contributed by atoms with Crippen LogP contribution in [-0.2, 0) is 0 Å². The van der Waals surface area contributed by atoms with Crippen LogP contribution in [0.3, 0.4) is 0 Å². The van der Waals surface area contributed by atoms with Crippen LogP contribution in [0.5, 0.6) is 0 Å². The molecular formula is C13H14ClN3. The summed E-state index contributed by atoms with van der Waals surface area (Å²) in [6, 6.07) is 6.37. The van der Waals surface area contributed by atoms with E-state index in [0.717, 1.165) is 21.9 Å². The summed E-state index contributed by atoms with van der Waals surface area (Å²) in [5, 5.41) is 1.64. The van der Waals surface area contributed by atoms with E-state index in [9.17, 15) is 0 Å².